The summed E-state index contributed by atoms with van der Waals surface area (Å²) in [5, 5.41) is 14.9. The lowest BCUT2D eigenvalue weighted by Gasteiger charge is -2.32. The Kier molecular flexibility index (Phi) is 3.68. The van der Waals surface area contributed by atoms with E-state index in [4.69, 9.17) is 0 Å². The molecule has 1 saturated carbocycles. The van der Waals surface area contributed by atoms with E-state index in [2.05, 4.69) is 20.2 Å². The molecule has 2 aromatic rings. The molecule has 0 radical (unpaired) electrons. The molecular weight excluding hydrogens is 310 g/mol. The summed E-state index contributed by atoms with van der Waals surface area (Å²) in [4.78, 5) is 31.8. The fraction of sp³-hybridized carbons (Fsp3) is 0.500. The Morgan fingerprint density at radius 2 is 2.00 bits per heavy atom. The minimum Gasteiger partial charge on any atom is -0.377 e. The monoisotopic (exact) mass is 329 g/mol. The average Bonchev–Trinajstić information content (AvgIpc) is 3.40. The summed E-state index contributed by atoms with van der Waals surface area (Å²) < 4.78 is 0. The minimum atomic E-state index is -0.451. The number of anilines is 1. The second kappa shape index (κ2) is 5.86. The van der Waals surface area contributed by atoms with Crippen LogP contribution in [0.4, 0.5) is 11.4 Å². The maximum Gasteiger partial charge on any atom is 0.293 e. The summed E-state index contributed by atoms with van der Waals surface area (Å²) in [5.41, 5.74) is 0.454. The average molecular weight is 329 g/mol. The molecule has 24 heavy (non-hydrogen) atoms. The lowest BCUT2D eigenvalue weighted by molar-refractivity contribution is -0.383. The van der Waals surface area contributed by atoms with Crippen molar-refractivity contribution in [3.8, 4) is 0 Å². The van der Waals surface area contributed by atoms with Crippen LogP contribution < -0.4 is 10.9 Å². The van der Waals surface area contributed by atoms with E-state index in [0.717, 1.165) is 32.0 Å². The smallest absolute Gasteiger partial charge is 0.293 e. The number of aromatic nitrogens is 2. The van der Waals surface area contributed by atoms with Gasteiger partial charge in [0.2, 0.25) is 0 Å². The Morgan fingerprint density at radius 3 is 2.67 bits per heavy atom. The third-order valence-electron chi connectivity index (χ3n) is 4.91. The second-order valence-electron chi connectivity index (χ2n) is 6.56. The third kappa shape index (κ3) is 2.84. The van der Waals surface area contributed by atoms with Crippen LogP contribution in [0.3, 0.4) is 0 Å². The number of H-pyrrole nitrogens is 1. The first-order valence-corrected chi connectivity index (χ1v) is 8.28. The molecule has 4 rings (SSSR count). The van der Waals surface area contributed by atoms with Crippen LogP contribution in [0.15, 0.2) is 23.3 Å². The first-order chi connectivity index (χ1) is 11.6. The summed E-state index contributed by atoms with van der Waals surface area (Å²) in [6, 6.07) is 3.88. The fourth-order valence-corrected chi connectivity index (χ4v) is 3.44. The Labute approximate surface area is 138 Å². The lowest BCUT2D eigenvalue weighted by atomic mass is 10.0. The standard InChI is InChI=1S/C16H19N5O3/c22-16-12-7-15(21(23)24)14(8-13(12)17-9-18-16)19-10-3-5-20(6-4-10)11-1-2-11/h7-11,19H,1-6H2,(H,17,18,22). The van der Waals surface area contributed by atoms with E-state index >= 15 is 0 Å². The third-order valence-corrected chi connectivity index (χ3v) is 4.91. The van der Waals surface area contributed by atoms with Gasteiger partial charge in [0, 0.05) is 31.2 Å². The maximum atomic E-state index is 11.8. The zero-order valence-corrected chi connectivity index (χ0v) is 13.2. The van der Waals surface area contributed by atoms with Gasteiger partial charge in [0.15, 0.2) is 0 Å². The molecule has 1 aromatic carbocycles. The molecule has 0 atom stereocenters. The topological polar surface area (TPSA) is 104 Å². The van der Waals surface area contributed by atoms with Crippen LogP contribution in [-0.2, 0) is 0 Å². The van der Waals surface area contributed by atoms with Gasteiger partial charge in [-0.25, -0.2) is 4.98 Å². The van der Waals surface area contributed by atoms with Crippen molar-refractivity contribution in [3.05, 3.63) is 38.9 Å². The minimum absolute atomic E-state index is 0.0781. The Bertz CT molecular complexity index is 837. The van der Waals surface area contributed by atoms with E-state index in [1.54, 1.807) is 6.07 Å². The van der Waals surface area contributed by atoms with Crippen LogP contribution in [0.5, 0.6) is 0 Å². The largest absolute Gasteiger partial charge is 0.377 e. The second-order valence-corrected chi connectivity index (χ2v) is 6.56. The maximum absolute atomic E-state index is 11.8. The molecule has 8 nitrogen and oxygen atoms in total. The molecule has 2 fully saturated rings. The number of nitro benzene ring substituents is 1. The number of hydrogen-bond donors (Lipinski definition) is 2. The number of nitro groups is 1. The van der Waals surface area contributed by atoms with Crippen LogP contribution >= 0.6 is 0 Å². The molecule has 8 heteroatoms. The summed E-state index contributed by atoms with van der Waals surface area (Å²) >= 11 is 0. The summed E-state index contributed by atoms with van der Waals surface area (Å²) in [6.45, 7) is 2.06. The van der Waals surface area contributed by atoms with Crippen LogP contribution in [-0.4, -0.2) is 45.0 Å². The summed E-state index contributed by atoms with van der Waals surface area (Å²) in [6.07, 6.45) is 5.85. The number of piperidine rings is 1. The van der Waals surface area contributed by atoms with Gasteiger partial charge in [0.05, 0.1) is 22.2 Å². The predicted octanol–water partition coefficient (Wildman–Crippen LogP) is 1.87. The number of aromatic amines is 1. The molecule has 2 N–H and O–H groups in total. The van der Waals surface area contributed by atoms with E-state index in [1.165, 1.54) is 25.2 Å². The van der Waals surface area contributed by atoms with Crippen molar-refractivity contribution < 1.29 is 4.92 Å². The molecule has 0 unspecified atom stereocenters. The molecule has 1 saturated heterocycles. The van der Waals surface area contributed by atoms with Crippen molar-refractivity contribution in [2.24, 2.45) is 0 Å². The molecule has 2 aliphatic rings. The van der Waals surface area contributed by atoms with Gasteiger partial charge in [-0.05, 0) is 31.7 Å². The number of benzene rings is 1. The number of fused-ring (bicyclic) bond motifs is 1. The van der Waals surface area contributed by atoms with Gasteiger partial charge in [0.25, 0.3) is 11.2 Å². The SMILES string of the molecule is O=c1[nH]cnc2cc(NC3CCN(C4CC4)CC3)c([N+](=O)[O-])cc12. The highest BCUT2D eigenvalue weighted by Gasteiger charge is 2.32. The van der Waals surface area contributed by atoms with E-state index in [0.29, 0.717) is 11.2 Å². The Balaban J connectivity index is 1.59. The number of nitrogens with one attached hydrogen (secondary N) is 2. The first-order valence-electron chi connectivity index (χ1n) is 8.28. The zero-order valence-electron chi connectivity index (χ0n) is 13.2. The van der Waals surface area contributed by atoms with Crippen molar-refractivity contribution in [2.75, 3.05) is 18.4 Å². The molecule has 1 aromatic heterocycles. The van der Waals surface area contributed by atoms with Crippen LogP contribution in [0, 0.1) is 10.1 Å². The van der Waals surface area contributed by atoms with Gasteiger partial charge in [0.1, 0.15) is 5.69 Å². The highest BCUT2D eigenvalue weighted by atomic mass is 16.6. The van der Waals surface area contributed by atoms with Gasteiger partial charge < -0.3 is 15.2 Å². The number of likely N-dealkylation sites (tertiary alicyclic amines) is 1. The van der Waals surface area contributed by atoms with Crippen molar-refractivity contribution in [3.63, 3.8) is 0 Å². The van der Waals surface area contributed by atoms with Crippen LogP contribution in [0.1, 0.15) is 25.7 Å². The Hall–Kier alpha value is -2.48. The molecule has 1 aliphatic heterocycles. The number of hydrogen-bond acceptors (Lipinski definition) is 6. The molecule has 1 aliphatic carbocycles. The molecule has 0 spiro atoms. The lowest BCUT2D eigenvalue weighted by Crippen LogP contribution is -2.40. The van der Waals surface area contributed by atoms with Crippen LogP contribution in [0.25, 0.3) is 10.9 Å². The highest BCUT2D eigenvalue weighted by molar-refractivity contribution is 5.86. The molecular formula is C16H19N5O3. The van der Waals surface area contributed by atoms with Gasteiger partial charge in [-0.1, -0.05) is 0 Å². The number of nitrogens with zero attached hydrogens (tertiary/aromatic N) is 3. The van der Waals surface area contributed by atoms with Gasteiger partial charge >= 0.3 is 0 Å². The van der Waals surface area contributed by atoms with Gasteiger partial charge in [-0.3, -0.25) is 14.9 Å². The van der Waals surface area contributed by atoms with E-state index in [-0.39, 0.29) is 22.7 Å². The van der Waals surface area contributed by atoms with Gasteiger partial charge in [-0.2, -0.15) is 0 Å². The normalized spacial score (nSPS) is 19.5. The molecule has 126 valence electrons. The molecule has 0 bridgehead atoms. The molecule has 2 heterocycles. The Morgan fingerprint density at radius 1 is 1.25 bits per heavy atom. The fourth-order valence-electron chi connectivity index (χ4n) is 3.44. The predicted molar refractivity (Wildman–Crippen MR) is 90.3 cm³/mol. The van der Waals surface area contributed by atoms with E-state index in [1.807, 2.05) is 0 Å². The van der Waals surface area contributed by atoms with Gasteiger partial charge in [-0.15, -0.1) is 0 Å². The number of rotatable bonds is 4. The van der Waals surface area contributed by atoms with Crippen molar-refractivity contribution >= 4 is 22.3 Å². The summed E-state index contributed by atoms with van der Waals surface area (Å²) in [5.74, 6) is 0. The van der Waals surface area contributed by atoms with E-state index in [9.17, 15) is 14.9 Å². The highest BCUT2D eigenvalue weighted by Crippen LogP contribution is 2.32. The van der Waals surface area contributed by atoms with Crippen molar-refractivity contribution in [2.45, 2.75) is 37.8 Å². The molecule has 0 amide bonds. The first kappa shape index (κ1) is 15.1. The van der Waals surface area contributed by atoms with Crippen molar-refractivity contribution in [1.29, 1.82) is 0 Å². The quantitative estimate of drug-likeness (QED) is 0.655. The van der Waals surface area contributed by atoms with Crippen LogP contribution in [0.2, 0.25) is 0 Å². The van der Waals surface area contributed by atoms with E-state index < -0.39 is 4.92 Å². The van der Waals surface area contributed by atoms with Crippen molar-refractivity contribution in [1.82, 2.24) is 14.9 Å². The summed E-state index contributed by atoms with van der Waals surface area (Å²) in [7, 11) is 0. The zero-order chi connectivity index (χ0) is 16.7.